The molecule has 1 amide bonds. The van der Waals surface area contributed by atoms with E-state index in [-0.39, 0.29) is 17.6 Å². The largest absolute Gasteiger partial charge is 0.324 e. The smallest absolute Gasteiger partial charge is 0.264 e. The Kier molecular flexibility index (Phi) is 4.12. The normalized spacial score (nSPS) is 11.7. The maximum absolute atomic E-state index is 13.2. The molecule has 0 spiro atoms. The van der Waals surface area contributed by atoms with E-state index in [9.17, 15) is 14.0 Å². The van der Waals surface area contributed by atoms with Crippen molar-refractivity contribution in [2.24, 2.45) is 0 Å². The van der Waals surface area contributed by atoms with E-state index in [0.717, 1.165) is 0 Å². The molecule has 0 radical (unpaired) electrons. The van der Waals surface area contributed by atoms with E-state index in [4.69, 9.17) is 0 Å². The van der Waals surface area contributed by atoms with Gasteiger partial charge in [-0.1, -0.05) is 6.07 Å². The first-order valence-electron chi connectivity index (χ1n) is 7.75. The summed E-state index contributed by atoms with van der Waals surface area (Å²) in [4.78, 5) is 28.9. The molecule has 3 aromatic rings. The molecule has 2 aromatic heterocycles. The van der Waals surface area contributed by atoms with Gasteiger partial charge in [-0.25, -0.2) is 14.1 Å². The van der Waals surface area contributed by atoms with E-state index in [0.29, 0.717) is 16.7 Å². The number of fused-ring (bicyclic) bond motifs is 1. The SMILES string of the molecule is CC(C)(C)n1ncc2c(=O)n(CC(=O)Nc3cccc(F)c3)cnc21. The van der Waals surface area contributed by atoms with E-state index >= 15 is 0 Å². The summed E-state index contributed by atoms with van der Waals surface area (Å²) in [6.07, 6.45) is 2.77. The molecule has 1 aromatic carbocycles. The predicted octanol–water partition coefficient (Wildman–Crippen LogP) is 2.13. The molecule has 0 atom stereocenters. The lowest BCUT2D eigenvalue weighted by Gasteiger charge is -2.19. The highest BCUT2D eigenvalue weighted by molar-refractivity contribution is 5.90. The minimum atomic E-state index is -0.451. The van der Waals surface area contributed by atoms with Crippen molar-refractivity contribution in [3.8, 4) is 0 Å². The first kappa shape index (κ1) is 16.8. The Morgan fingerprint density at radius 3 is 2.76 bits per heavy atom. The second-order valence-electron chi connectivity index (χ2n) is 6.70. The number of carbonyl (C=O) groups is 1. The zero-order valence-corrected chi connectivity index (χ0v) is 14.2. The third-order valence-electron chi connectivity index (χ3n) is 3.61. The van der Waals surface area contributed by atoms with Crippen LogP contribution in [0.1, 0.15) is 20.8 Å². The molecule has 3 rings (SSSR count). The summed E-state index contributed by atoms with van der Waals surface area (Å²) in [7, 11) is 0. The molecule has 0 bridgehead atoms. The van der Waals surface area contributed by atoms with Gasteiger partial charge < -0.3 is 5.32 Å². The van der Waals surface area contributed by atoms with Gasteiger partial charge in [-0.3, -0.25) is 14.2 Å². The summed E-state index contributed by atoms with van der Waals surface area (Å²) < 4.78 is 16.0. The van der Waals surface area contributed by atoms with Crippen LogP contribution in [-0.4, -0.2) is 25.2 Å². The summed E-state index contributed by atoms with van der Waals surface area (Å²) >= 11 is 0. The lowest BCUT2D eigenvalue weighted by Crippen LogP contribution is -2.29. The van der Waals surface area contributed by atoms with Gasteiger partial charge >= 0.3 is 0 Å². The highest BCUT2D eigenvalue weighted by Crippen LogP contribution is 2.17. The third kappa shape index (κ3) is 3.42. The highest BCUT2D eigenvalue weighted by Gasteiger charge is 2.20. The summed E-state index contributed by atoms with van der Waals surface area (Å²) in [5, 5.41) is 7.12. The molecule has 8 heteroatoms. The van der Waals surface area contributed by atoms with Gasteiger partial charge in [-0.2, -0.15) is 5.10 Å². The first-order valence-corrected chi connectivity index (χ1v) is 7.75. The van der Waals surface area contributed by atoms with Crippen molar-refractivity contribution >= 4 is 22.6 Å². The maximum Gasteiger partial charge on any atom is 0.264 e. The lowest BCUT2D eigenvalue weighted by molar-refractivity contribution is -0.116. The molecule has 130 valence electrons. The molecular formula is C17H18FN5O2. The fraction of sp³-hybridized carbons (Fsp3) is 0.294. The Balaban J connectivity index is 1.86. The van der Waals surface area contributed by atoms with Crippen LogP contribution in [0.25, 0.3) is 11.0 Å². The van der Waals surface area contributed by atoms with E-state index in [1.165, 1.54) is 35.3 Å². The van der Waals surface area contributed by atoms with Crippen LogP contribution in [0, 0.1) is 5.82 Å². The molecule has 0 saturated carbocycles. The number of nitrogens with zero attached hydrogens (tertiary/aromatic N) is 4. The van der Waals surface area contributed by atoms with E-state index in [1.54, 1.807) is 10.7 Å². The molecule has 7 nitrogen and oxygen atoms in total. The van der Waals surface area contributed by atoms with Crippen LogP contribution in [0.15, 0.2) is 41.6 Å². The number of aromatic nitrogens is 4. The van der Waals surface area contributed by atoms with Gasteiger partial charge in [0.2, 0.25) is 5.91 Å². The predicted molar refractivity (Wildman–Crippen MR) is 91.8 cm³/mol. The Bertz CT molecular complexity index is 1000. The van der Waals surface area contributed by atoms with Crippen molar-refractivity contribution < 1.29 is 9.18 Å². The second kappa shape index (κ2) is 6.12. The quantitative estimate of drug-likeness (QED) is 0.790. The number of halogens is 1. The second-order valence-corrected chi connectivity index (χ2v) is 6.70. The van der Waals surface area contributed by atoms with E-state index in [1.807, 2.05) is 20.8 Å². The third-order valence-corrected chi connectivity index (χ3v) is 3.61. The molecule has 0 aliphatic heterocycles. The Labute approximate surface area is 143 Å². The monoisotopic (exact) mass is 343 g/mol. The summed E-state index contributed by atoms with van der Waals surface area (Å²) in [6.45, 7) is 5.65. The van der Waals surface area contributed by atoms with Gasteiger partial charge in [0.15, 0.2) is 5.65 Å². The van der Waals surface area contributed by atoms with Gasteiger partial charge in [0.05, 0.1) is 11.7 Å². The van der Waals surface area contributed by atoms with Crippen LogP contribution in [0.2, 0.25) is 0 Å². The minimum Gasteiger partial charge on any atom is -0.324 e. The number of carbonyl (C=O) groups excluding carboxylic acids is 1. The first-order chi connectivity index (χ1) is 11.8. The fourth-order valence-electron chi connectivity index (χ4n) is 2.47. The fourth-order valence-corrected chi connectivity index (χ4v) is 2.47. The molecule has 2 heterocycles. The van der Waals surface area contributed by atoms with Crippen LogP contribution in [0.5, 0.6) is 0 Å². The summed E-state index contributed by atoms with van der Waals surface area (Å²) in [5.41, 5.74) is 0.129. The van der Waals surface area contributed by atoms with Crippen molar-refractivity contribution in [2.75, 3.05) is 5.32 Å². The average Bonchev–Trinajstić information content (AvgIpc) is 2.95. The van der Waals surface area contributed by atoms with Crippen molar-refractivity contribution in [1.82, 2.24) is 19.3 Å². The maximum atomic E-state index is 13.2. The van der Waals surface area contributed by atoms with Crippen LogP contribution in [-0.2, 0) is 16.9 Å². The van der Waals surface area contributed by atoms with Crippen LogP contribution in [0.3, 0.4) is 0 Å². The molecule has 0 fully saturated rings. The van der Waals surface area contributed by atoms with Crippen molar-refractivity contribution in [3.05, 3.63) is 53.0 Å². The molecule has 0 aliphatic rings. The van der Waals surface area contributed by atoms with Gasteiger partial charge in [0.25, 0.3) is 5.56 Å². The van der Waals surface area contributed by atoms with E-state index < -0.39 is 11.7 Å². The standard InChI is InChI=1S/C17H18FN5O2/c1-17(2,3)23-15-13(8-20-23)16(25)22(10-19-15)9-14(24)21-12-6-4-5-11(18)7-12/h4-8,10H,9H2,1-3H3,(H,21,24). The minimum absolute atomic E-state index is 0.223. The van der Waals surface area contributed by atoms with Gasteiger partial charge in [0, 0.05) is 5.69 Å². The van der Waals surface area contributed by atoms with Crippen molar-refractivity contribution in [2.45, 2.75) is 32.9 Å². The van der Waals surface area contributed by atoms with Crippen LogP contribution >= 0.6 is 0 Å². The number of hydrogen-bond donors (Lipinski definition) is 1. The molecule has 25 heavy (non-hydrogen) atoms. The number of amides is 1. The number of nitrogens with one attached hydrogen (secondary N) is 1. The molecule has 0 unspecified atom stereocenters. The van der Waals surface area contributed by atoms with Gasteiger partial charge in [-0.15, -0.1) is 0 Å². The summed E-state index contributed by atoms with van der Waals surface area (Å²) in [6, 6.07) is 5.55. The molecule has 0 saturated heterocycles. The topological polar surface area (TPSA) is 81.8 Å². The number of anilines is 1. The summed E-state index contributed by atoms with van der Waals surface area (Å²) in [5.74, 6) is -0.898. The zero-order chi connectivity index (χ0) is 18.2. The van der Waals surface area contributed by atoms with Crippen LogP contribution in [0.4, 0.5) is 10.1 Å². The number of rotatable bonds is 3. The van der Waals surface area contributed by atoms with Crippen LogP contribution < -0.4 is 10.9 Å². The van der Waals surface area contributed by atoms with Crippen molar-refractivity contribution in [1.29, 1.82) is 0 Å². The zero-order valence-electron chi connectivity index (χ0n) is 14.2. The molecule has 1 N–H and O–H groups in total. The Morgan fingerprint density at radius 1 is 1.32 bits per heavy atom. The van der Waals surface area contributed by atoms with E-state index in [2.05, 4.69) is 15.4 Å². The van der Waals surface area contributed by atoms with Crippen molar-refractivity contribution in [3.63, 3.8) is 0 Å². The number of benzene rings is 1. The lowest BCUT2D eigenvalue weighted by atomic mass is 10.1. The molecular weight excluding hydrogens is 325 g/mol. The number of hydrogen-bond acceptors (Lipinski definition) is 4. The Hall–Kier alpha value is -3.03. The highest BCUT2D eigenvalue weighted by atomic mass is 19.1. The molecule has 0 aliphatic carbocycles. The average molecular weight is 343 g/mol. The Morgan fingerprint density at radius 2 is 2.08 bits per heavy atom. The van der Waals surface area contributed by atoms with Gasteiger partial charge in [-0.05, 0) is 39.0 Å². The van der Waals surface area contributed by atoms with Gasteiger partial charge in [0.1, 0.15) is 24.1 Å².